The Kier molecular flexibility index (Phi) is 5.09. The summed E-state index contributed by atoms with van der Waals surface area (Å²) in [6.07, 6.45) is 3.85. The maximum absolute atomic E-state index is 6.16. The summed E-state index contributed by atoms with van der Waals surface area (Å²) >= 11 is 0. The van der Waals surface area contributed by atoms with E-state index in [1.54, 1.807) is 0 Å². The molecule has 6 nitrogen and oxygen atoms in total. The number of nitrogens with one attached hydrogen (secondary N) is 1. The van der Waals surface area contributed by atoms with Gasteiger partial charge in [0.05, 0.1) is 25.5 Å². The Hall–Kier alpha value is -1.73. The number of hydrogen-bond donors (Lipinski definition) is 1. The van der Waals surface area contributed by atoms with Gasteiger partial charge >= 0.3 is 0 Å². The van der Waals surface area contributed by atoms with Gasteiger partial charge in [0.2, 0.25) is 0 Å². The molecule has 2 saturated heterocycles. The monoisotopic (exact) mass is 356 g/mol. The van der Waals surface area contributed by atoms with Gasteiger partial charge in [0.15, 0.2) is 0 Å². The van der Waals surface area contributed by atoms with Crippen LogP contribution >= 0.6 is 0 Å². The second kappa shape index (κ2) is 7.48. The van der Waals surface area contributed by atoms with Gasteiger partial charge < -0.3 is 14.8 Å². The van der Waals surface area contributed by atoms with Gasteiger partial charge in [-0.15, -0.1) is 0 Å². The van der Waals surface area contributed by atoms with Crippen LogP contribution in [0.15, 0.2) is 30.6 Å². The van der Waals surface area contributed by atoms with Crippen LogP contribution in [0.1, 0.15) is 16.7 Å². The Morgan fingerprint density at radius 1 is 1.27 bits per heavy atom. The molecule has 2 aliphatic heterocycles. The van der Waals surface area contributed by atoms with E-state index in [4.69, 9.17) is 9.47 Å². The fourth-order valence-electron chi connectivity index (χ4n) is 4.04. The third kappa shape index (κ3) is 3.69. The van der Waals surface area contributed by atoms with Crippen molar-refractivity contribution < 1.29 is 9.47 Å². The highest BCUT2D eigenvalue weighted by Gasteiger charge is 2.38. The molecule has 2 fully saturated rings. The molecule has 3 heterocycles. The molecule has 2 aromatic rings. The summed E-state index contributed by atoms with van der Waals surface area (Å²) < 4.78 is 13.9. The van der Waals surface area contributed by atoms with Crippen LogP contribution in [-0.2, 0) is 16.0 Å². The van der Waals surface area contributed by atoms with Gasteiger partial charge in [0.25, 0.3) is 0 Å². The molecule has 0 radical (unpaired) electrons. The van der Waals surface area contributed by atoms with Gasteiger partial charge in [0.1, 0.15) is 5.60 Å². The van der Waals surface area contributed by atoms with Gasteiger partial charge in [-0.25, -0.2) is 4.68 Å². The van der Waals surface area contributed by atoms with Crippen LogP contribution in [0.4, 0.5) is 0 Å². The van der Waals surface area contributed by atoms with Gasteiger partial charge in [-0.3, -0.25) is 4.90 Å². The maximum atomic E-state index is 6.16. The van der Waals surface area contributed by atoms with Gasteiger partial charge in [0, 0.05) is 45.1 Å². The summed E-state index contributed by atoms with van der Waals surface area (Å²) in [5.41, 5.74) is 4.84. The Morgan fingerprint density at radius 3 is 3.04 bits per heavy atom. The molecule has 26 heavy (non-hydrogen) atoms. The summed E-state index contributed by atoms with van der Waals surface area (Å²) in [6.45, 7) is 11.0. The number of aryl methyl sites for hydroxylation is 2. The van der Waals surface area contributed by atoms with Gasteiger partial charge in [-0.1, -0.05) is 6.07 Å². The number of nitrogens with zero attached hydrogens (tertiary/aromatic N) is 3. The zero-order valence-electron chi connectivity index (χ0n) is 15.7. The Balaban J connectivity index is 1.59. The van der Waals surface area contributed by atoms with E-state index >= 15 is 0 Å². The third-order valence-electron chi connectivity index (χ3n) is 5.29. The van der Waals surface area contributed by atoms with Crippen LogP contribution < -0.4 is 5.32 Å². The lowest BCUT2D eigenvalue weighted by Gasteiger charge is -2.42. The van der Waals surface area contributed by atoms with Crippen molar-refractivity contribution in [2.75, 3.05) is 46.0 Å². The number of benzene rings is 1. The highest BCUT2D eigenvalue weighted by Crippen LogP contribution is 2.26. The molecule has 1 N–H and O–H groups in total. The largest absolute Gasteiger partial charge is 0.377 e. The topological polar surface area (TPSA) is 51.6 Å². The van der Waals surface area contributed by atoms with Gasteiger partial charge in [-0.05, 0) is 42.7 Å². The molecule has 140 valence electrons. The first kappa shape index (κ1) is 17.7. The van der Waals surface area contributed by atoms with Crippen molar-refractivity contribution in [1.29, 1.82) is 0 Å². The minimum absolute atomic E-state index is 0.237. The van der Waals surface area contributed by atoms with Crippen molar-refractivity contribution in [2.24, 2.45) is 0 Å². The molecule has 0 bridgehead atoms. The van der Waals surface area contributed by atoms with E-state index in [2.05, 4.69) is 41.3 Å². The van der Waals surface area contributed by atoms with Crippen molar-refractivity contribution in [3.05, 3.63) is 47.3 Å². The molecule has 0 saturated carbocycles. The molecule has 0 unspecified atom stereocenters. The van der Waals surface area contributed by atoms with E-state index < -0.39 is 0 Å². The quantitative estimate of drug-likeness (QED) is 0.907. The number of ether oxygens (including phenoxy) is 2. The summed E-state index contributed by atoms with van der Waals surface area (Å²) in [4.78, 5) is 2.49. The molecule has 1 aromatic heterocycles. The van der Waals surface area contributed by atoms with Crippen LogP contribution in [-0.4, -0.2) is 66.3 Å². The number of rotatable bonds is 3. The molecule has 0 amide bonds. The predicted octanol–water partition coefficient (Wildman–Crippen LogP) is 1.68. The first-order valence-electron chi connectivity index (χ1n) is 9.40. The average molecular weight is 356 g/mol. The predicted molar refractivity (Wildman–Crippen MR) is 101 cm³/mol. The second-order valence-corrected chi connectivity index (χ2v) is 7.50. The molecule has 4 rings (SSSR count). The van der Waals surface area contributed by atoms with Crippen LogP contribution in [0.2, 0.25) is 0 Å². The molecule has 1 aromatic carbocycles. The highest BCUT2D eigenvalue weighted by molar-refractivity contribution is 5.48. The number of morpholine rings is 1. The van der Waals surface area contributed by atoms with Crippen molar-refractivity contribution in [3.8, 4) is 5.69 Å². The van der Waals surface area contributed by atoms with E-state index in [1.165, 1.54) is 22.4 Å². The molecular weight excluding hydrogens is 328 g/mol. The fourth-order valence-corrected chi connectivity index (χ4v) is 4.04. The molecular formula is C20H28N4O2. The van der Waals surface area contributed by atoms with E-state index in [9.17, 15) is 0 Å². The summed E-state index contributed by atoms with van der Waals surface area (Å²) in [7, 11) is 0. The molecule has 2 aliphatic rings. The van der Waals surface area contributed by atoms with Crippen LogP contribution in [0, 0.1) is 13.8 Å². The number of hydrogen-bond acceptors (Lipinski definition) is 5. The van der Waals surface area contributed by atoms with Crippen LogP contribution in [0.5, 0.6) is 0 Å². The lowest BCUT2D eigenvalue weighted by Crippen LogP contribution is -2.57. The smallest absolute Gasteiger partial charge is 0.116 e. The second-order valence-electron chi connectivity index (χ2n) is 7.50. The van der Waals surface area contributed by atoms with E-state index in [0.29, 0.717) is 6.61 Å². The summed E-state index contributed by atoms with van der Waals surface area (Å²) in [6, 6.07) is 6.45. The van der Waals surface area contributed by atoms with E-state index in [1.807, 2.05) is 23.1 Å². The molecule has 1 atom stereocenters. The van der Waals surface area contributed by atoms with E-state index in [-0.39, 0.29) is 5.60 Å². The summed E-state index contributed by atoms with van der Waals surface area (Å²) in [5.74, 6) is 0. The fraction of sp³-hybridized carbons (Fsp3) is 0.550. The molecule has 0 aliphatic carbocycles. The zero-order chi connectivity index (χ0) is 18.0. The minimum atomic E-state index is -0.237. The average Bonchev–Trinajstić information content (AvgIpc) is 3.06. The first-order chi connectivity index (χ1) is 12.7. The molecule has 6 heteroatoms. The minimum Gasteiger partial charge on any atom is -0.377 e. The highest BCUT2D eigenvalue weighted by atomic mass is 16.5. The summed E-state index contributed by atoms with van der Waals surface area (Å²) in [5, 5.41) is 7.92. The maximum Gasteiger partial charge on any atom is 0.116 e. The Labute approximate surface area is 155 Å². The zero-order valence-corrected chi connectivity index (χ0v) is 15.7. The standard InChI is InChI=1S/C20H28N4O2/c1-16-10-17(2)18(19(11-16)24-6-3-4-22-24)12-23-7-9-26-20(14-23)13-21-5-8-25-15-20/h3-4,6,10-11,21H,5,7-9,12-15H2,1-2H3/t20-/m0/s1. The Morgan fingerprint density at radius 2 is 2.19 bits per heavy atom. The Bertz CT molecular complexity index is 737. The molecule has 1 spiro atoms. The normalized spacial score (nSPS) is 24.7. The van der Waals surface area contributed by atoms with E-state index in [0.717, 1.165) is 45.9 Å². The van der Waals surface area contributed by atoms with Crippen molar-refractivity contribution in [2.45, 2.75) is 26.0 Å². The third-order valence-corrected chi connectivity index (χ3v) is 5.29. The van der Waals surface area contributed by atoms with Crippen molar-refractivity contribution in [3.63, 3.8) is 0 Å². The lowest BCUT2D eigenvalue weighted by atomic mass is 9.99. The lowest BCUT2D eigenvalue weighted by molar-refractivity contribution is -0.135. The van der Waals surface area contributed by atoms with Crippen LogP contribution in [0.25, 0.3) is 5.69 Å². The number of aromatic nitrogens is 2. The van der Waals surface area contributed by atoms with Crippen LogP contribution in [0.3, 0.4) is 0 Å². The van der Waals surface area contributed by atoms with Gasteiger partial charge in [-0.2, -0.15) is 5.10 Å². The first-order valence-corrected chi connectivity index (χ1v) is 9.40. The van der Waals surface area contributed by atoms with Crippen molar-refractivity contribution >= 4 is 0 Å². The van der Waals surface area contributed by atoms with Crippen molar-refractivity contribution in [1.82, 2.24) is 20.0 Å². The SMILES string of the molecule is Cc1cc(C)c(CN2CCO[C@@]3(CNCCOC3)C2)c(-n2cccn2)c1.